The largest absolute Gasteiger partial charge is 0.305 e. The zero-order chi connectivity index (χ0) is 20.4. The van der Waals surface area contributed by atoms with E-state index in [1.54, 1.807) is 30.3 Å². The fraction of sp³-hybridized carbons (Fsp3) is 0.222. The van der Waals surface area contributed by atoms with Crippen molar-refractivity contribution in [2.45, 2.75) is 25.7 Å². The number of imide groups is 1. The molecular formula is C18H18N2O6S. The molecule has 2 aromatic rings. The van der Waals surface area contributed by atoms with Gasteiger partial charge < -0.3 is 0 Å². The van der Waals surface area contributed by atoms with Crippen LogP contribution >= 0.6 is 0 Å². The van der Waals surface area contributed by atoms with Crippen molar-refractivity contribution in [2.75, 3.05) is 10.8 Å². The number of nitro groups is 1. The van der Waals surface area contributed by atoms with E-state index in [0.29, 0.717) is 5.56 Å². The Labute approximate surface area is 156 Å². The molecule has 0 aromatic heterocycles. The summed E-state index contributed by atoms with van der Waals surface area (Å²) in [7, 11) is -4.14. The smallest absolute Gasteiger partial charge is 0.274 e. The summed E-state index contributed by atoms with van der Waals surface area (Å²) in [6, 6.07) is 10.9. The van der Waals surface area contributed by atoms with Gasteiger partial charge in [-0.05, 0) is 49.2 Å². The van der Waals surface area contributed by atoms with Gasteiger partial charge in [-0.1, -0.05) is 18.2 Å². The normalized spacial score (nSPS) is 11.1. The van der Waals surface area contributed by atoms with Gasteiger partial charge in [-0.3, -0.25) is 19.7 Å². The van der Waals surface area contributed by atoms with Crippen LogP contribution in [0.4, 0.5) is 5.69 Å². The lowest BCUT2D eigenvalue weighted by Gasteiger charge is -2.21. The second-order valence-electron chi connectivity index (χ2n) is 6.01. The van der Waals surface area contributed by atoms with Gasteiger partial charge in [-0.15, -0.1) is 0 Å². The van der Waals surface area contributed by atoms with Gasteiger partial charge in [0.25, 0.3) is 5.91 Å². The lowest BCUT2D eigenvalue weighted by Crippen LogP contribution is -2.35. The van der Waals surface area contributed by atoms with E-state index >= 15 is 0 Å². The summed E-state index contributed by atoms with van der Waals surface area (Å²) >= 11 is 0. The van der Waals surface area contributed by atoms with Gasteiger partial charge >= 0.3 is 5.88 Å². The highest BCUT2D eigenvalue weighted by Gasteiger charge is 2.28. The van der Waals surface area contributed by atoms with Gasteiger partial charge in [0.1, 0.15) is 0 Å². The predicted molar refractivity (Wildman–Crippen MR) is 98.9 cm³/mol. The van der Waals surface area contributed by atoms with Crippen LogP contribution in [0.3, 0.4) is 0 Å². The Hall–Kier alpha value is -3.07. The van der Waals surface area contributed by atoms with Crippen LogP contribution < -0.4 is 4.90 Å². The van der Waals surface area contributed by atoms with Crippen molar-refractivity contribution in [3.8, 4) is 0 Å². The van der Waals surface area contributed by atoms with Gasteiger partial charge in [0, 0.05) is 17.4 Å². The average molecular weight is 390 g/mol. The summed E-state index contributed by atoms with van der Waals surface area (Å²) in [4.78, 5) is 35.4. The van der Waals surface area contributed by atoms with Crippen molar-refractivity contribution in [2.24, 2.45) is 0 Å². The first-order valence-electron chi connectivity index (χ1n) is 7.90. The molecule has 2 aromatic carbocycles. The van der Waals surface area contributed by atoms with E-state index in [9.17, 15) is 28.1 Å². The molecular weight excluding hydrogens is 372 g/mol. The highest BCUT2D eigenvalue weighted by atomic mass is 32.2. The minimum absolute atomic E-state index is 0.168. The molecule has 2 amide bonds. The highest BCUT2D eigenvalue weighted by molar-refractivity contribution is 7.91. The number of amides is 2. The Bertz CT molecular complexity index is 992. The van der Waals surface area contributed by atoms with Crippen LogP contribution in [0.25, 0.3) is 0 Å². The first-order valence-corrected chi connectivity index (χ1v) is 9.55. The summed E-state index contributed by atoms with van der Waals surface area (Å²) in [5, 5.41) is 10.7. The van der Waals surface area contributed by atoms with Crippen LogP contribution in [0.15, 0.2) is 47.4 Å². The molecule has 0 aliphatic carbocycles. The second kappa shape index (κ2) is 7.67. The molecule has 2 rings (SSSR count). The van der Waals surface area contributed by atoms with E-state index in [-0.39, 0.29) is 21.7 Å². The second-order valence-corrected chi connectivity index (χ2v) is 7.91. The van der Waals surface area contributed by atoms with Crippen molar-refractivity contribution >= 4 is 27.3 Å². The fourth-order valence-electron chi connectivity index (χ4n) is 2.90. The Morgan fingerprint density at radius 1 is 1.07 bits per heavy atom. The number of carbonyl (C=O) groups excluding carboxylic acids is 2. The van der Waals surface area contributed by atoms with E-state index in [2.05, 4.69) is 0 Å². The van der Waals surface area contributed by atoms with Gasteiger partial charge in [-0.2, -0.15) is 0 Å². The lowest BCUT2D eigenvalue weighted by atomic mass is 10.1. The van der Waals surface area contributed by atoms with Crippen molar-refractivity contribution in [3.05, 3.63) is 69.3 Å². The minimum Gasteiger partial charge on any atom is -0.274 e. The molecule has 0 unspecified atom stereocenters. The zero-order valence-electron chi connectivity index (χ0n) is 15.0. The molecule has 0 N–H and O–H groups in total. The van der Waals surface area contributed by atoms with Crippen LogP contribution in [0.5, 0.6) is 0 Å². The van der Waals surface area contributed by atoms with E-state index in [1.807, 2.05) is 0 Å². The maximum atomic E-state index is 12.7. The molecule has 0 radical (unpaired) electrons. The number of nitrogens with zero attached hydrogens (tertiary/aromatic N) is 2. The lowest BCUT2D eigenvalue weighted by molar-refractivity contribution is -0.458. The topological polar surface area (TPSA) is 115 Å². The Morgan fingerprint density at radius 2 is 1.59 bits per heavy atom. The summed E-state index contributed by atoms with van der Waals surface area (Å²) in [5.74, 6) is -2.32. The van der Waals surface area contributed by atoms with Gasteiger partial charge in [0.05, 0.1) is 10.6 Å². The van der Waals surface area contributed by atoms with Gasteiger partial charge in [0.15, 0.2) is 0 Å². The van der Waals surface area contributed by atoms with Gasteiger partial charge in [0.2, 0.25) is 15.7 Å². The number of aryl methyl sites for hydroxylation is 2. The summed E-state index contributed by atoms with van der Waals surface area (Å²) in [6.45, 7) is 4.16. The van der Waals surface area contributed by atoms with E-state index in [4.69, 9.17) is 0 Å². The highest BCUT2D eigenvalue weighted by Crippen LogP contribution is 2.28. The number of rotatable bonds is 5. The maximum absolute atomic E-state index is 12.7. The Kier molecular flexibility index (Phi) is 5.75. The molecule has 9 heteroatoms. The Morgan fingerprint density at radius 3 is 2.04 bits per heavy atom. The number of anilines is 1. The number of hydrogen-bond acceptors (Lipinski definition) is 6. The van der Waals surface area contributed by atoms with Crippen molar-refractivity contribution in [3.63, 3.8) is 0 Å². The molecule has 142 valence electrons. The van der Waals surface area contributed by atoms with Crippen LogP contribution in [-0.4, -0.2) is 31.0 Å². The SMILES string of the molecule is CC(=O)N(C(=O)c1ccccc1)c1cc(C)c(S(=O)(=O)C[N+](=O)[O-])c(C)c1. The predicted octanol–water partition coefficient (Wildman–Crippen LogP) is 2.50. The third-order valence-electron chi connectivity index (χ3n) is 3.83. The van der Waals surface area contributed by atoms with Crippen LogP contribution in [0.1, 0.15) is 28.4 Å². The molecule has 0 bridgehead atoms. The summed E-state index contributed by atoms with van der Waals surface area (Å²) in [5.41, 5.74) is 0.942. The van der Waals surface area contributed by atoms with Crippen molar-refractivity contribution in [1.29, 1.82) is 0 Å². The molecule has 0 saturated heterocycles. The number of benzene rings is 2. The van der Waals surface area contributed by atoms with Crippen molar-refractivity contribution in [1.82, 2.24) is 0 Å². The summed E-state index contributed by atoms with van der Waals surface area (Å²) in [6.07, 6.45) is 0. The van der Waals surface area contributed by atoms with Crippen LogP contribution in [0.2, 0.25) is 0 Å². The molecule has 0 spiro atoms. The quantitative estimate of drug-likeness (QED) is 0.572. The molecule has 8 nitrogen and oxygen atoms in total. The third kappa shape index (κ3) is 4.37. The van der Waals surface area contributed by atoms with E-state index in [0.717, 1.165) is 4.90 Å². The monoisotopic (exact) mass is 390 g/mol. The van der Waals surface area contributed by atoms with Crippen LogP contribution in [0, 0.1) is 24.0 Å². The number of hydrogen-bond donors (Lipinski definition) is 0. The number of carbonyl (C=O) groups is 2. The zero-order valence-corrected chi connectivity index (χ0v) is 15.8. The first kappa shape index (κ1) is 20.2. The van der Waals surface area contributed by atoms with E-state index < -0.39 is 32.5 Å². The summed E-state index contributed by atoms with van der Waals surface area (Å²) < 4.78 is 24.5. The fourth-order valence-corrected chi connectivity index (χ4v) is 4.41. The van der Waals surface area contributed by atoms with Crippen molar-refractivity contribution < 1.29 is 22.9 Å². The standard InChI is InChI=1S/C18H18N2O6S/c1-12-9-16(10-13(2)17(12)27(25,26)11-19(23)24)20(14(3)21)18(22)15-7-5-4-6-8-15/h4-10H,11H2,1-3H3. The molecule has 0 heterocycles. The Balaban J connectivity index is 2.56. The number of sulfone groups is 1. The molecule has 27 heavy (non-hydrogen) atoms. The third-order valence-corrected chi connectivity index (χ3v) is 5.65. The molecule has 0 atom stereocenters. The minimum atomic E-state index is -4.14. The first-order chi connectivity index (χ1) is 12.5. The van der Waals surface area contributed by atoms with Gasteiger partial charge in [-0.25, -0.2) is 13.3 Å². The molecule has 0 aliphatic heterocycles. The molecule has 0 saturated carbocycles. The molecule has 0 fully saturated rings. The maximum Gasteiger partial charge on any atom is 0.305 e. The van der Waals surface area contributed by atoms with Crippen LogP contribution in [-0.2, 0) is 14.6 Å². The molecule has 0 aliphatic rings. The average Bonchev–Trinajstić information content (AvgIpc) is 2.53. The van der Waals surface area contributed by atoms with E-state index in [1.165, 1.54) is 32.9 Å².